The summed E-state index contributed by atoms with van der Waals surface area (Å²) in [6.07, 6.45) is 1.77. The minimum atomic E-state index is -0.306. The van der Waals surface area contributed by atoms with Crippen LogP contribution >= 0.6 is 0 Å². The van der Waals surface area contributed by atoms with Crippen LogP contribution in [0.5, 0.6) is 5.75 Å². The summed E-state index contributed by atoms with van der Waals surface area (Å²) in [6.45, 7) is 4.99. The molecule has 1 aromatic heterocycles. The van der Waals surface area contributed by atoms with Crippen LogP contribution in [0.15, 0.2) is 48.7 Å². The number of anilines is 1. The average molecular weight is 368 g/mol. The number of carbonyl (C=O) groups excluding carboxylic acids is 2. The molecule has 7 nitrogen and oxygen atoms in total. The molecule has 0 spiro atoms. The molecule has 2 heterocycles. The van der Waals surface area contributed by atoms with E-state index in [0.717, 1.165) is 18.9 Å². The van der Waals surface area contributed by atoms with Crippen molar-refractivity contribution in [2.24, 2.45) is 0 Å². The average Bonchev–Trinajstić information content (AvgIpc) is 2.73. The lowest BCUT2D eigenvalue weighted by Gasteiger charge is -2.35. The highest BCUT2D eigenvalue weighted by Crippen LogP contribution is 2.17. The highest BCUT2D eigenvalue weighted by atomic mass is 16.5. The Morgan fingerprint density at radius 2 is 1.81 bits per heavy atom. The van der Waals surface area contributed by atoms with E-state index < -0.39 is 0 Å². The zero-order valence-corrected chi connectivity index (χ0v) is 15.4. The van der Waals surface area contributed by atoms with Gasteiger partial charge in [0.2, 0.25) is 5.91 Å². The lowest BCUT2D eigenvalue weighted by molar-refractivity contribution is -0.130. The monoisotopic (exact) mass is 368 g/mol. The number of piperazine rings is 1. The molecular formula is C20H24N4O3. The molecule has 0 atom stereocenters. The van der Waals surface area contributed by atoms with Gasteiger partial charge in [0, 0.05) is 32.4 Å². The van der Waals surface area contributed by atoms with Crippen molar-refractivity contribution in [3.63, 3.8) is 0 Å². The number of pyridine rings is 1. The van der Waals surface area contributed by atoms with Crippen LogP contribution < -0.4 is 15.0 Å². The molecule has 2 aromatic rings. The Hall–Kier alpha value is -3.09. The minimum absolute atomic E-state index is 0.0249. The molecule has 27 heavy (non-hydrogen) atoms. The minimum Gasteiger partial charge on any atom is -0.493 e. The zero-order valence-electron chi connectivity index (χ0n) is 15.4. The van der Waals surface area contributed by atoms with Gasteiger partial charge in [-0.3, -0.25) is 9.59 Å². The third-order valence-electron chi connectivity index (χ3n) is 4.44. The molecule has 7 heteroatoms. The molecule has 0 aliphatic carbocycles. The maximum absolute atomic E-state index is 12.4. The van der Waals surface area contributed by atoms with E-state index in [2.05, 4.69) is 15.2 Å². The number of ether oxygens (including phenoxy) is 1. The van der Waals surface area contributed by atoms with E-state index in [1.807, 2.05) is 31.2 Å². The smallest absolute Gasteiger partial charge is 0.255 e. The van der Waals surface area contributed by atoms with Crippen molar-refractivity contribution in [1.82, 2.24) is 15.2 Å². The second-order valence-electron chi connectivity index (χ2n) is 6.17. The Kier molecular flexibility index (Phi) is 6.25. The largest absolute Gasteiger partial charge is 0.493 e. The quantitative estimate of drug-likeness (QED) is 0.838. The van der Waals surface area contributed by atoms with Gasteiger partial charge in [0.15, 0.2) is 0 Å². The summed E-state index contributed by atoms with van der Waals surface area (Å²) in [6, 6.07) is 12.8. The number of aromatic nitrogens is 1. The Balaban J connectivity index is 1.50. The number of hydrogen-bond acceptors (Lipinski definition) is 5. The van der Waals surface area contributed by atoms with E-state index in [4.69, 9.17) is 4.74 Å². The van der Waals surface area contributed by atoms with E-state index in [0.29, 0.717) is 31.0 Å². The molecular weight excluding hydrogens is 344 g/mol. The summed E-state index contributed by atoms with van der Waals surface area (Å²) in [5, 5.41) is 2.70. The summed E-state index contributed by atoms with van der Waals surface area (Å²) < 4.78 is 5.47. The molecule has 142 valence electrons. The van der Waals surface area contributed by atoms with E-state index in [9.17, 15) is 9.59 Å². The third kappa shape index (κ3) is 4.75. The van der Waals surface area contributed by atoms with Gasteiger partial charge in [-0.2, -0.15) is 0 Å². The van der Waals surface area contributed by atoms with Crippen LogP contribution in [-0.4, -0.2) is 61.0 Å². The van der Waals surface area contributed by atoms with Crippen molar-refractivity contribution >= 4 is 17.6 Å². The molecule has 2 amide bonds. The summed E-state index contributed by atoms with van der Waals surface area (Å²) in [5.41, 5.74) is 0.437. The Labute approximate surface area is 158 Å². The first-order valence-electron chi connectivity index (χ1n) is 9.13. The van der Waals surface area contributed by atoms with Gasteiger partial charge in [-0.25, -0.2) is 4.98 Å². The molecule has 1 fully saturated rings. The Morgan fingerprint density at radius 3 is 2.52 bits per heavy atom. The number of benzene rings is 1. The number of nitrogens with one attached hydrogen (secondary N) is 1. The van der Waals surface area contributed by atoms with E-state index in [1.165, 1.54) is 0 Å². The molecule has 3 rings (SSSR count). The van der Waals surface area contributed by atoms with Gasteiger partial charge in [0.25, 0.3) is 5.91 Å². The maximum atomic E-state index is 12.4. The lowest BCUT2D eigenvalue weighted by Crippen LogP contribution is -2.51. The van der Waals surface area contributed by atoms with Gasteiger partial charge >= 0.3 is 0 Å². The first-order chi connectivity index (χ1) is 13.2. The second-order valence-corrected chi connectivity index (χ2v) is 6.17. The summed E-state index contributed by atoms with van der Waals surface area (Å²) in [4.78, 5) is 33.1. The van der Waals surface area contributed by atoms with E-state index >= 15 is 0 Å². The molecule has 1 aliphatic heterocycles. The fourth-order valence-electron chi connectivity index (χ4n) is 3.02. The van der Waals surface area contributed by atoms with Gasteiger partial charge in [0.05, 0.1) is 18.7 Å². The van der Waals surface area contributed by atoms with Crippen LogP contribution in [0.25, 0.3) is 0 Å². The number of rotatable bonds is 6. The van der Waals surface area contributed by atoms with Crippen molar-refractivity contribution in [3.05, 3.63) is 54.2 Å². The fourth-order valence-corrected chi connectivity index (χ4v) is 3.02. The lowest BCUT2D eigenvalue weighted by atomic mass is 10.2. The Bertz CT molecular complexity index is 774. The van der Waals surface area contributed by atoms with E-state index in [-0.39, 0.29) is 18.4 Å². The van der Waals surface area contributed by atoms with E-state index in [1.54, 1.807) is 29.3 Å². The first kappa shape index (κ1) is 18.7. The molecule has 1 saturated heterocycles. The fraction of sp³-hybridized carbons (Fsp3) is 0.350. The number of amides is 2. The van der Waals surface area contributed by atoms with Crippen molar-refractivity contribution in [2.75, 3.05) is 44.2 Å². The highest BCUT2D eigenvalue weighted by Gasteiger charge is 2.22. The normalized spacial score (nSPS) is 14.0. The van der Waals surface area contributed by atoms with Crippen LogP contribution in [0.1, 0.15) is 17.3 Å². The van der Waals surface area contributed by atoms with Crippen LogP contribution in [0.2, 0.25) is 0 Å². The van der Waals surface area contributed by atoms with Gasteiger partial charge in [-0.05, 0) is 31.2 Å². The molecule has 1 aliphatic rings. The number of nitrogens with zero attached hydrogens (tertiary/aromatic N) is 3. The summed E-state index contributed by atoms with van der Waals surface area (Å²) in [5.74, 6) is 1.05. The third-order valence-corrected chi connectivity index (χ3v) is 4.44. The van der Waals surface area contributed by atoms with Gasteiger partial charge < -0.3 is 19.9 Å². The maximum Gasteiger partial charge on any atom is 0.255 e. The standard InChI is InChI=1S/C20H24N4O3/c1-2-27-17-8-4-3-7-16(17)20(26)22-15-19(25)24-13-11-23(12-14-24)18-9-5-6-10-21-18/h3-10H,2,11-15H2,1H3,(H,22,26). The predicted octanol–water partition coefficient (Wildman–Crippen LogP) is 1.56. The van der Waals surface area contributed by atoms with Crippen molar-refractivity contribution in [3.8, 4) is 5.75 Å². The van der Waals surface area contributed by atoms with Gasteiger partial charge in [-0.15, -0.1) is 0 Å². The molecule has 0 unspecified atom stereocenters. The molecule has 0 saturated carbocycles. The first-order valence-corrected chi connectivity index (χ1v) is 9.13. The number of para-hydroxylation sites is 1. The zero-order chi connectivity index (χ0) is 19.1. The molecule has 0 radical (unpaired) electrons. The predicted molar refractivity (Wildman–Crippen MR) is 103 cm³/mol. The van der Waals surface area contributed by atoms with Crippen molar-refractivity contribution < 1.29 is 14.3 Å². The number of hydrogen-bond donors (Lipinski definition) is 1. The van der Waals surface area contributed by atoms with Crippen molar-refractivity contribution in [2.45, 2.75) is 6.92 Å². The van der Waals surface area contributed by atoms with Crippen molar-refractivity contribution in [1.29, 1.82) is 0 Å². The molecule has 1 N–H and O–H groups in total. The summed E-state index contributed by atoms with van der Waals surface area (Å²) >= 11 is 0. The van der Waals surface area contributed by atoms with Gasteiger partial charge in [-0.1, -0.05) is 18.2 Å². The Morgan fingerprint density at radius 1 is 1.07 bits per heavy atom. The van der Waals surface area contributed by atoms with Crippen LogP contribution in [0.3, 0.4) is 0 Å². The second kappa shape index (κ2) is 9.02. The van der Waals surface area contributed by atoms with Gasteiger partial charge in [0.1, 0.15) is 11.6 Å². The SMILES string of the molecule is CCOc1ccccc1C(=O)NCC(=O)N1CCN(c2ccccn2)CC1. The highest BCUT2D eigenvalue weighted by molar-refractivity contribution is 5.98. The number of carbonyl (C=O) groups is 2. The van der Waals surface area contributed by atoms with Crippen LogP contribution in [0.4, 0.5) is 5.82 Å². The van der Waals surface area contributed by atoms with Crippen LogP contribution in [-0.2, 0) is 4.79 Å². The topological polar surface area (TPSA) is 74.8 Å². The molecule has 1 aromatic carbocycles. The summed E-state index contributed by atoms with van der Waals surface area (Å²) in [7, 11) is 0. The van der Waals surface area contributed by atoms with Crippen LogP contribution in [0, 0.1) is 0 Å². The molecule has 0 bridgehead atoms.